The largest absolute Gasteiger partial charge is 0.392 e. The van der Waals surface area contributed by atoms with E-state index in [0.717, 1.165) is 71.7 Å². The highest BCUT2D eigenvalue weighted by Gasteiger charge is 2.39. The fraction of sp³-hybridized carbons (Fsp3) is 0.308. The Balaban J connectivity index is 1.08. The van der Waals surface area contributed by atoms with Crippen LogP contribution in [0.15, 0.2) is 103 Å². The molecule has 0 bridgehead atoms. The summed E-state index contributed by atoms with van der Waals surface area (Å²) in [5.74, 6) is -0.155. The molecule has 0 aliphatic carbocycles. The number of fused-ring (bicyclic) bond motifs is 1. The summed E-state index contributed by atoms with van der Waals surface area (Å²) < 4.78 is 18.9. The average Bonchev–Trinajstić information content (AvgIpc) is 3.15. The van der Waals surface area contributed by atoms with Crippen LogP contribution in [0.4, 0.5) is 0 Å². The molecule has 2 aliphatic heterocycles. The molecular formula is C39H40N4O5. The van der Waals surface area contributed by atoms with Gasteiger partial charge in [-0.05, 0) is 39.9 Å². The van der Waals surface area contributed by atoms with E-state index in [4.69, 9.17) is 14.2 Å². The molecule has 48 heavy (non-hydrogen) atoms. The van der Waals surface area contributed by atoms with Gasteiger partial charge in [0, 0.05) is 37.7 Å². The second-order valence-corrected chi connectivity index (χ2v) is 12.4. The van der Waals surface area contributed by atoms with Gasteiger partial charge in [0.1, 0.15) is 5.69 Å². The predicted molar refractivity (Wildman–Crippen MR) is 183 cm³/mol. The highest BCUT2D eigenvalue weighted by Crippen LogP contribution is 2.42. The van der Waals surface area contributed by atoms with Crippen molar-refractivity contribution in [3.05, 3.63) is 131 Å². The third kappa shape index (κ3) is 7.16. The number of nitrogens with zero attached hydrogens (tertiary/aromatic N) is 3. The molecule has 246 valence electrons. The van der Waals surface area contributed by atoms with E-state index in [1.807, 2.05) is 66.7 Å². The Bertz CT molecular complexity index is 1840. The first-order valence-electron chi connectivity index (χ1n) is 16.5. The van der Waals surface area contributed by atoms with Gasteiger partial charge in [0.15, 0.2) is 6.29 Å². The molecule has 0 spiro atoms. The van der Waals surface area contributed by atoms with Crippen molar-refractivity contribution in [3.63, 3.8) is 0 Å². The number of aliphatic hydroxyl groups excluding tert-OH is 1. The van der Waals surface area contributed by atoms with Crippen LogP contribution in [0, 0.1) is 5.92 Å². The smallest absolute Gasteiger partial charge is 0.271 e. The van der Waals surface area contributed by atoms with Gasteiger partial charge in [-0.15, -0.1) is 0 Å². The molecule has 2 fully saturated rings. The molecule has 4 unspecified atom stereocenters. The van der Waals surface area contributed by atoms with Crippen molar-refractivity contribution < 1.29 is 24.1 Å². The van der Waals surface area contributed by atoms with Crippen LogP contribution in [-0.2, 0) is 27.4 Å². The zero-order valence-corrected chi connectivity index (χ0v) is 27.0. The second-order valence-electron chi connectivity index (χ2n) is 12.4. The van der Waals surface area contributed by atoms with Gasteiger partial charge < -0.3 is 24.6 Å². The molecule has 2 saturated heterocycles. The minimum atomic E-state index is -0.540. The maximum absolute atomic E-state index is 13.0. The third-order valence-corrected chi connectivity index (χ3v) is 9.30. The summed E-state index contributed by atoms with van der Waals surface area (Å²) >= 11 is 0. The summed E-state index contributed by atoms with van der Waals surface area (Å²) in [6.07, 6.45) is 0.763. The molecule has 2 N–H and O–H groups in total. The fourth-order valence-corrected chi connectivity index (χ4v) is 6.47. The number of ether oxygens (including phenoxy) is 3. The quantitative estimate of drug-likeness (QED) is 0.206. The van der Waals surface area contributed by atoms with Gasteiger partial charge in [-0.3, -0.25) is 14.7 Å². The summed E-state index contributed by atoms with van der Waals surface area (Å²) in [4.78, 5) is 24.3. The Morgan fingerprint density at radius 2 is 1.58 bits per heavy atom. The Labute approximate surface area is 280 Å². The minimum absolute atomic E-state index is 0.00767. The number of rotatable bonds is 9. The second kappa shape index (κ2) is 14.7. The topological polar surface area (TPSA) is 106 Å². The SMILES string of the molecule is CC1C(CN2CCOCC2)OC(c2ccc(-c3ccccc3CNC(=O)c3cnc4ccccc4n3)cc2)OC1c1ccc(CO)cc1. The predicted octanol–water partition coefficient (Wildman–Crippen LogP) is 5.84. The Hall–Kier alpha value is -4.51. The van der Waals surface area contributed by atoms with Crippen molar-refractivity contribution in [2.24, 2.45) is 5.92 Å². The van der Waals surface area contributed by atoms with E-state index in [9.17, 15) is 9.90 Å². The number of carbonyl (C=O) groups is 1. The van der Waals surface area contributed by atoms with Crippen molar-refractivity contribution >= 4 is 16.9 Å². The van der Waals surface area contributed by atoms with E-state index < -0.39 is 6.29 Å². The lowest BCUT2D eigenvalue weighted by Gasteiger charge is -2.43. The van der Waals surface area contributed by atoms with Crippen molar-refractivity contribution in [2.75, 3.05) is 32.8 Å². The number of aromatic nitrogens is 2. The Morgan fingerprint density at radius 3 is 2.35 bits per heavy atom. The van der Waals surface area contributed by atoms with Gasteiger partial charge in [0.25, 0.3) is 5.91 Å². The summed E-state index contributed by atoms with van der Waals surface area (Å²) in [5, 5.41) is 12.6. The third-order valence-electron chi connectivity index (χ3n) is 9.30. The first kappa shape index (κ1) is 32.1. The first-order valence-corrected chi connectivity index (χ1v) is 16.5. The summed E-state index contributed by atoms with van der Waals surface area (Å²) in [6.45, 7) is 6.59. The number of para-hydroxylation sites is 2. The molecule has 7 rings (SSSR count). The van der Waals surface area contributed by atoms with Gasteiger partial charge in [-0.2, -0.15) is 0 Å². The lowest BCUT2D eigenvalue weighted by molar-refractivity contribution is -0.277. The van der Waals surface area contributed by atoms with Gasteiger partial charge >= 0.3 is 0 Å². The molecule has 4 aromatic carbocycles. The van der Waals surface area contributed by atoms with Gasteiger partial charge in [0.05, 0.1) is 49.3 Å². The van der Waals surface area contributed by atoms with Crippen molar-refractivity contribution in [1.82, 2.24) is 20.2 Å². The molecule has 4 atom stereocenters. The first-order chi connectivity index (χ1) is 23.6. The molecular weight excluding hydrogens is 604 g/mol. The number of carbonyl (C=O) groups excluding carboxylic acids is 1. The van der Waals surface area contributed by atoms with E-state index in [1.54, 1.807) is 0 Å². The lowest BCUT2D eigenvalue weighted by Crippen LogP contribution is -2.47. The normalized spacial score (nSPS) is 21.6. The van der Waals surface area contributed by atoms with E-state index in [2.05, 4.69) is 57.4 Å². The number of nitrogens with one attached hydrogen (secondary N) is 1. The zero-order chi connectivity index (χ0) is 32.9. The molecule has 9 nitrogen and oxygen atoms in total. The van der Waals surface area contributed by atoms with Crippen LogP contribution in [-0.4, -0.2) is 64.8 Å². The van der Waals surface area contributed by atoms with Crippen molar-refractivity contribution in [3.8, 4) is 11.1 Å². The van der Waals surface area contributed by atoms with Crippen LogP contribution in [0.3, 0.4) is 0 Å². The van der Waals surface area contributed by atoms with Crippen LogP contribution < -0.4 is 5.32 Å². The number of hydrogen-bond acceptors (Lipinski definition) is 8. The molecule has 0 saturated carbocycles. The number of morpholine rings is 1. The Kier molecular flexibility index (Phi) is 9.83. The van der Waals surface area contributed by atoms with Crippen LogP contribution in [0.2, 0.25) is 0 Å². The minimum Gasteiger partial charge on any atom is -0.392 e. The molecule has 5 aromatic rings. The monoisotopic (exact) mass is 644 g/mol. The van der Waals surface area contributed by atoms with Crippen LogP contribution in [0.1, 0.15) is 52.1 Å². The maximum Gasteiger partial charge on any atom is 0.271 e. The number of hydrogen-bond donors (Lipinski definition) is 2. The van der Waals surface area contributed by atoms with E-state index in [1.165, 1.54) is 6.20 Å². The van der Waals surface area contributed by atoms with Gasteiger partial charge in [0.2, 0.25) is 0 Å². The molecule has 9 heteroatoms. The lowest BCUT2D eigenvalue weighted by atomic mass is 9.90. The van der Waals surface area contributed by atoms with Gasteiger partial charge in [-0.25, -0.2) is 4.98 Å². The van der Waals surface area contributed by atoms with Crippen molar-refractivity contribution in [1.29, 1.82) is 0 Å². The molecule has 1 aromatic heterocycles. The maximum atomic E-state index is 13.0. The summed E-state index contributed by atoms with van der Waals surface area (Å²) in [5.41, 5.74) is 7.65. The van der Waals surface area contributed by atoms with E-state index >= 15 is 0 Å². The van der Waals surface area contributed by atoms with Crippen LogP contribution in [0.25, 0.3) is 22.2 Å². The Morgan fingerprint density at radius 1 is 0.875 bits per heavy atom. The fourth-order valence-electron chi connectivity index (χ4n) is 6.47. The highest BCUT2D eigenvalue weighted by molar-refractivity contribution is 5.93. The summed E-state index contributed by atoms with van der Waals surface area (Å²) in [7, 11) is 0. The molecule has 0 radical (unpaired) electrons. The summed E-state index contributed by atoms with van der Waals surface area (Å²) in [6, 6.07) is 31.9. The van der Waals surface area contributed by atoms with Crippen molar-refractivity contribution in [2.45, 2.75) is 38.6 Å². The zero-order valence-electron chi connectivity index (χ0n) is 27.0. The van der Waals surface area contributed by atoms with Gasteiger partial charge in [-0.1, -0.05) is 91.9 Å². The average molecular weight is 645 g/mol. The molecule has 1 amide bonds. The highest BCUT2D eigenvalue weighted by atomic mass is 16.7. The molecule has 2 aliphatic rings. The van der Waals surface area contributed by atoms with Crippen LogP contribution >= 0.6 is 0 Å². The van der Waals surface area contributed by atoms with Crippen LogP contribution in [0.5, 0.6) is 0 Å². The molecule has 3 heterocycles. The van der Waals surface area contributed by atoms with E-state index in [0.29, 0.717) is 12.1 Å². The van der Waals surface area contributed by atoms with E-state index in [-0.39, 0.29) is 36.3 Å². The number of aliphatic hydroxyl groups is 1. The number of amides is 1. The standard InChI is InChI=1S/C39H40N4O5/c1-26-36(24-43-18-20-46-21-19-43)47-39(48-37(26)29-12-10-27(25-44)11-13-29)30-16-14-28(15-17-30)32-7-3-2-6-31(32)22-41-38(45)35-23-40-33-8-4-5-9-34(33)42-35/h2-17,23,26,36-37,39,44H,18-22,24-25H2,1H3,(H,41,45). The number of benzene rings is 4.